The van der Waals surface area contributed by atoms with E-state index in [9.17, 15) is 9.59 Å². The summed E-state index contributed by atoms with van der Waals surface area (Å²) in [6.07, 6.45) is -0.404. The number of aliphatic hydroxyl groups is 1. The van der Waals surface area contributed by atoms with Crippen LogP contribution in [-0.4, -0.2) is 59.4 Å². The van der Waals surface area contributed by atoms with E-state index in [4.69, 9.17) is 15.6 Å². The van der Waals surface area contributed by atoms with Gasteiger partial charge in [-0.1, -0.05) is 0 Å². The zero-order valence-corrected chi connectivity index (χ0v) is 11.0. The Morgan fingerprint density at radius 2 is 2.22 bits per heavy atom. The van der Waals surface area contributed by atoms with Crippen LogP contribution in [0, 0.1) is 0 Å². The predicted molar refractivity (Wildman–Crippen MR) is 64.8 cm³/mol. The number of hydrogen-bond donors (Lipinski definition) is 3. The summed E-state index contributed by atoms with van der Waals surface area (Å²) in [7, 11) is 0. The first-order chi connectivity index (χ1) is 8.25. The third-order valence-corrected chi connectivity index (χ3v) is 2.73. The minimum absolute atomic E-state index is 0.148. The summed E-state index contributed by atoms with van der Waals surface area (Å²) in [6.45, 7) is 5.84. The molecule has 4 N–H and O–H groups in total. The number of nitrogens with one attached hydrogen (secondary N) is 1. The number of morpholine rings is 1. The van der Waals surface area contributed by atoms with E-state index in [1.165, 1.54) is 0 Å². The first-order valence-electron chi connectivity index (χ1n) is 5.88. The Kier molecular flexibility index (Phi) is 4.53. The van der Waals surface area contributed by atoms with Gasteiger partial charge in [-0.2, -0.15) is 0 Å². The maximum Gasteiger partial charge on any atom is 0.312 e. The van der Waals surface area contributed by atoms with Crippen molar-refractivity contribution >= 4 is 11.9 Å². The number of aliphatic hydroxyl groups excluding tert-OH is 1. The lowest BCUT2D eigenvalue weighted by molar-refractivity contribution is -0.167. The number of carbonyl (C=O) groups excluding carboxylic acids is 2. The molecule has 0 saturated carbocycles. The fourth-order valence-corrected chi connectivity index (χ4v) is 2.11. The number of nitrogens with two attached hydrogens (primary N) is 1. The smallest absolute Gasteiger partial charge is 0.312 e. The van der Waals surface area contributed by atoms with Crippen molar-refractivity contribution in [3.05, 3.63) is 0 Å². The van der Waals surface area contributed by atoms with E-state index in [1.54, 1.807) is 11.8 Å². The quantitative estimate of drug-likeness (QED) is 0.607. The predicted octanol–water partition coefficient (Wildman–Crippen LogP) is -0.958. The molecule has 0 bridgehead atoms. The van der Waals surface area contributed by atoms with Gasteiger partial charge in [0.15, 0.2) is 0 Å². The summed E-state index contributed by atoms with van der Waals surface area (Å²) in [5.41, 5.74) is 4.46. The third kappa shape index (κ3) is 3.85. The second-order valence-corrected chi connectivity index (χ2v) is 5.13. The lowest BCUT2D eigenvalue weighted by Crippen LogP contribution is -2.59. The van der Waals surface area contributed by atoms with Gasteiger partial charge in [0, 0.05) is 13.1 Å². The van der Waals surface area contributed by atoms with Crippen LogP contribution in [0.2, 0.25) is 0 Å². The number of urea groups is 1. The fraction of sp³-hybridized carbons (Fsp3) is 0.818. The number of amides is 3. The van der Waals surface area contributed by atoms with Crippen LogP contribution < -0.4 is 11.1 Å². The number of hydrogen-bond acceptors (Lipinski definition) is 4. The van der Waals surface area contributed by atoms with E-state index in [1.807, 2.05) is 13.8 Å². The van der Waals surface area contributed by atoms with E-state index in [0.29, 0.717) is 13.1 Å². The first-order valence-corrected chi connectivity index (χ1v) is 5.88. The van der Waals surface area contributed by atoms with Crippen LogP contribution in [0.1, 0.15) is 20.8 Å². The third-order valence-electron chi connectivity index (χ3n) is 2.73. The molecule has 18 heavy (non-hydrogen) atoms. The van der Waals surface area contributed by atoms with Gasteiger partial charge in [-0.3, -0.25) is 4.79 Å². The normalized spacial score (nSPS) is 24.4. The van der Waals surface area contributed by atoms with Crippen LogP contribution in [-0.2, 0) is 9.53 Å². The molecule has 0 aromatic carbocycles. The van der Waals surface area contributed by atoms with Gasteiger partial charge in [0.25, 0.3) is 0 Å². The van der Waals surface area contributed by atoms with Gasteiger partial charge in [0.1, 0.15) is 6.04 Å². The molecule has 1 heterocycles. The molecule has 1 rings (SSSR count). The lowest BCUT2D eigenvalue weighted by Gasteiger charge is -2.43. The molecule has 1 aliphatic rings. The zero-order chi connectivity index (χ0) is 13.9. The van der Waals surface area contributed by atoms with Gasteiger partial charge < -0.3 is 25.8 Å². The molecule has 0 radical (unpaired) electrons. The standard InChI is InChI=1S/C11H21N3O4/c1-7(13-10(12)17)9(16)14-4-8(5-15)18-11(2,3)6-14/h7-8,15H,4-6H2,1-3H3,(H3,12,13,17). The number of carbonyl (C=O) groups is 2. The number of nitrogens with zero attached hydrogens (tertiary/aromatic N) is 1. The van der Waals surface area contributed by atoms with E-state index >= 15 is 0 Å². The molecule has 1 saturated heterocycles. The maximum absolute atomic E-state index is 12.1. The Morgan fingerprint density at radius 1 is 1.61 bits per heavy atom. The molecule has 1 aliphatic heterocycles. The first kappa shape index (κ1) is 14.7. The average molecular weight is 259 g/mol. The van der Waals surface area contributed by atoms with Crippen molar-refractivity contribution in [1.82, 2.24) is 10.2 Å². The molecule has 0 aromatic rings. The van der Waals surface area contributed by atoms with Crippen molar-refractivity contribution in [3.8, 4) is 0 Å². The zero-order valence-electron chi connectivity index (χ0n) is 11.0. The van der Waals surface area contributed by atoms with Gasteiger partial charge in [-0.05, 0) is 20.8 Å². The Labute approximate surface area is 106 Å². The van der Waals surface area contributed by atoms with Gasteiger partial charge in [-0.15, -0.1) is 0 Å². The van der Waals surface area contributed by atoms with Crippen molar-refractivity contribution < 1.29 is 19.4 Å². The van der Waals surface area contributed by atoms with Crippen LogP contribution in [0.4, 0.5) is 4.79 Å². The SMILES string of the molecule is CC(NC(N)=O)C(=O)N1CC(CO)OC(C)(C)C1. The molecular formula is C11H21N3O4. The lowest BCUT2D eigenvalue weighted by atomic mass is 10.0. The van der Waals surface area contributed by atoms with Crippen LogP contribution in [0.3, 0.4) is 0 Å². The summed E-state index contributed by atoms with van der Waals surface area (Å²) in [4.78, 5) is 24.4. The molecule has 0 aromatic heterocycles. The largest absolute Gasteiger partial charge is 0.394 e. The topological polar surface area (TPSA) is 105 Å². The van der Waals surface area contributed by atoms with Crippen LogP contribution in [0.5, 0.6) is 0 Å². The van der Waals surface area contributed by atoms with Crippen LogP contribution >= 0.6 is 0 Å². The highest BCUT2D eigenvalue weighted by molar-refractivity contribution is 5.86. The minimum Gasteiger partial charge on any atom is -0.394 e. The Morgan fingerprint density at radius 3 is 2.72 bits per heavy atom. The number of rotatable bonds is 3. The summed E-state index contributed by atoms with van der Waals surface area (Å²) < 4.78 is 5.61. The van der Waals surface area contributed by atoms with E-state index in [0.717, 1.165) is 0 Å². The summed E-state index contributed by atoms with van der Waals surface area (Å²) in [5.74, 6) is -0.233. The van der Waals surface area contributed by atoms with Crippen LogP contribution in [0.15, 0.2) is 0 Å². The maximum atomic E-state index is 12.1. The summed E-state index contributed by atoms with van der Waals surface area (Å²) >= 11 is 0. The molecule has 7 nitrogen and oxygen atoms in total. The van der Waals surface area contributed by atoms with Crippen molar-refractivity contribution in [2.45, 2.75) is 38.5 Å². The van der Waals surface area contributed by atoms with E-state index < -0.39 is 23.8 Å². The van der Waals surface area contributed by atoms with Gasteiger partial charge in [0.2, 0.25) is 5.91 Å². The molecule has 0 spiro atoms. The minimum atomic E-state index is -0.734. The molecule has 1 fully saturated rings. The molecular weight excluding hydrogens is 238 g/mol. The van der Waals surface area contributed by atoms with Crippen LogP contribution in [0.25, 0.3) is 0 Å². The Hall–Kier alpha value is -1.34. The Balaban J connectivity index is 2.69. The van der Waals surface area contributed by atoms with Gasteiger partial charge in [0.05, 0.1) is 18.3 Å². The average Bonchev–Trinajstić information content (AvgIpc) is 2.24. The summed E-state index contributed by atoms with van der Waals surface area (Å²) in [5, 5.41) is 11.5. The van der Waals surface area contributed by atoms with E-state index in [2.05, 4.69) is 5.32 Å². The van der Waals surface area contributed by atoms with Crippen molar-refractivity contribution in [2.24, 2.45) is 5.73 Å². The Bertz CT molecular complexity index is 332. The molecule has 7 heteroatoms. The molecule has 104 valence electrons. The van der Waals surface area contributed by atoms with Crippen molar-refractivity contribution in [1.29, 1.82) is 0 Å². The highest BCUT2D eigenvalue weighted by Gasteiger charge is 2.36. The molecule has 3 amide bonds. The van der Waals surface area contributed by atoms with Gasteiger partial charge in [-0.25, -0.2) is 4.79 Å². The van der Waals surface area contributed by atoms with Crippen molar-refractivity contribution in [3.63, 3.8) is 0 Å². The highest BCUT2D eigenvalue weighted by atomic mass is 16.5. The molecule has 2 unspecified atom stereocenters. The number of ether oxygens (including phenoxy) is 1. The second kappa shape index (κ2) is 5.53. The monoisotopic (exact) mass is 259 g/mol. The highest BCUT2D eigenvalue weighted by Crippen LogP contribution is 2.21. The van der Waals surface area contributed by atoms with Crippen molar-refractivity contribution in [2.75, 3.05) is 19.7 Å². The molecule has 2 atom stereocenters. The molecule has 0 aliphatic carbocycles. The number of primary amides is 1. The summed E-state index contributed by atoms with van der Waals surface area (Å²) in [6, 6.07) is -1.42. The fourth-order valence-electron chi connectivity index (χ4n) is 2.11. The van der Waals surface area contributed by atoms with Gasteiger partial charge >= 0.3 is 6.03 Å². The van der Waals surface area contributed by atoms with E-state index in [-0.39, 0.29) is 12.5 Å². The second-order valence-electron chi connectivity index (χ2n) is 5.13.